The minimum atomic E-state index is -1.19. The summed E-state index contributed by atoms with van der Waals surface area (Å²) in [5.74, 6) is 0.586. The third-order valence-electron chi connectivity index (χ3n) is 4.53. The molecule has 1 fully saturated rings. The van der Waals surface area contributed by atoms with E-state index in [1.54, 1.807) is 0 Å². The highest BCUT2D eigenvalue weighted by atomic mass is 16.6. The molecule has 0 saturated carbocycles. The first-order chi connectivity index (χ1) is 12.7. The quantitative estimate of drug-likeness (QED) is 0.367. The Labute approximate surface area is 150 Å². The zero-order valence-electron chi connectivity index (χ0n) is 14.4. The van der Waals surface area contributed by atoms with Crippen molar-refractivity contribution < 1.29 is 25.2 Å². The SMILES string of the molecule is OCCCCCCNc1ncnc2c1ncn2[C@H]1O[C@H](CO)[C@H](O)[C@@H]1O. The van der Waals surface area contributed by atoms with E-state index in [1.807, 2.05) is 0 Å². The first-order valence-electron chi connectivity index (χ1n) is 8.82. The molecule has 10 heteroatoms. The van der Waals surface area contributed by atoms with Crippen LogP contribution in [0, 0.1) is 0 Å². The van der Waals surface area contributed by atoms with Gasteiger partial charge in [0.25, 0.3) is 0 Å². The molecule has 4 atom stereocenters. The van der Waals surface area contributed by atoms with Crippen molar-refractivity contribution in [2.45, 2.75) is 50.2 Å². The molecule has 2 aromatic rings. The van der Waals surface area contributed by atoms with E-state index in [2.05, 4.69) is 20.3 Å². The van der Waals surface area contributed by atoms with Gasteiger partial charge in [-0.15, -0.1) is 0 Å². The summed E-state index contributed by atoms with van der Waals surface area (Å²) in [5.41, 5.74) is 1.01. The highest BCUT2D eigenvalue weighted by Gasteiger charge is 2.44. The molecule has 5 N–H and O–H groups in total. The number of unbranched alkanes of at least 4 members (excludes halogenated alkanes) is 3. The fourth-order valence-corrected chi connectivity index (χ4v) is 3.07. The average molecular weight is 367 g/mol. The molecule has 10 nitrogen and oxygen atoms in total. The van der Waals surface area contributed by atoms with Crippen molar-refractivity contribution >= 4 is 17.0 Å². The minimum absolute atomic E-state index is 0.221. The molecule has 144 valence electrons. The second kappa shape index (κ2) is 8.69. The number of aliphatic hydroxyl groups is 4. The van der Waals surface area contributed by atoms with E-state index in [-0.39, 0.29) is 13.2 Å². The number of rotatable bonds is 9. The highest BCUT2D eigenvalue weighted by Crippen LogP contribution is 2.32. The van der Waals surface area contributed by atoms with Gasteiger partial charge < -0.3 is 30.5 Å². The average Bonchev–Trinajstić information content (AvgIpc) is 3.20. The predicted octanol–water partition coefficient (Wildman–Crippen LogP) is -0.598. The minimum Gasteiger partial charge on any atom is -0.396 e. The van der Waals surface area contributed by atoms with E-state index < -0.39 is 24.5 Å². The summed E-state index contributed by atoms with van der Waals surface area (Å²) in [5, 5.41) is 41.4. The number of nitrogens with one attached hydrogen (secondary N) is 1. The van der Waals surface area contributed by atoms with Gasteiger partial charge in [0.2, 0.25) is 0 Å². The lowest BCUT2D eigenvalue weighted by Gasteiger charge is -2.16. The molecule has 1 aliphatic heterocycles. The Bertz CT molecular complexity index is 711. The second-order valence-corrected chi connectivity index (χ2v) is 6.34. The molecule has 0 unspecified atom stereocenters. The van der Waals surface area contributed by atoms with Crippen molar-refractivity contribution in [1.29, 1.82) is 0 Å². The van der Waals surface area contributed by atoms with Gasteiger partial charge in [-0.1, -0.05) is 12.8 Å². The molecule has 26 heavy (non-hydrogen) atoms. The van der Waals surface area contributed by atoms with Gasteiger partial charge in [-0.05, 0) is 12.8 Å². The molecule has 0 amide bonds. The fourth-order valence-electron chi connectivity index (χ4n) is 3.07. The monoisotopic (exact) mass is 367 g/mol. The van der Waals surface area contributed by atoms with Crippen molar-refractivity contribution in [3.8, 4) is 0 Å². The van der Waals surface area contributed by atoms with Crippen LogP contribution < -0.4 is 5.32 Å². The number of imidazole rings is 1. The molecule has 3 rings (SSSR count). The van der Waals surface area contributed by atoms with Crippen LogP contribution in [0.25, 0.3) is 11.2 Å². The molecule has 2 aromatic heterocycles. The summed E-state index contributed by atoms with van der Waals surface area (Å²) in [6.45, 7) is 0.552. The van der Waals surface area contributed by atoms with Crippen LogP contribution in [0.1, 0.15) is 31.9 Å². The van der Waals surface area contributed by atoms with Crippen molar-refractivity contribution in [3.05, 3.63) is 12.7 Å². The van der Waals surface area contributed by atoms with Crippen molar-refractivity contribution in [3.63, 3.8) is 0 Å². The van der Waals surface area contributed by atoms with Gasteiger partial charge in [-0.25, -0.2) is 15.0 Å². The maximum absolute atomic E-state index is 10.2. The number of hydrogen-bond acceptors (Lipinski definition) is 9. The van der Waals surface area contributed by atoms with Crippen LogP contribution in [0.3, 0.4) is 0 Å². The Balaban J connectivity index is 1.71. The number of hydrogen-bond donors (Lipinski definition) is 5. The molecule has 0 radical (unpaired) electrons. The van der Waals surface area contributed by atoms with Crippen LogP contribution in [-0.4, -0.2) is 78.0 Å². The smallest absolute Gasteiger partial charge is 0.167 e. The van der Waals surface area contributed by atoms with E-state index in [4.69, 9.17) is 9.84 Å². The maximum Gasteiger partial charge on any atom is 0.167 e. The zero-order valence-corrected chi connectivity index (χ0v) is 14.4. The first-order valence-corrected chi connectivity index (χ1v) is 8.82. The third-order valence-corrected chi connectivity index (χ3v) is 4.53. The first kappa shape index (κ1) is 18.9. The van der Waals surface area contributed by atoms with Crippen molar-refractivity contribution in [2.24, 2.45) is 0 Å². The Morgan fingerprint density at radius 2 is 1.85 bits per heavy atom. The van der Waals surface area contributed by atoms with Gasteiger partial charge in [-0.2, -0.15) is 0 Å². The topological polar surface area (TPSA) is 146 Å². The molecule has 1 aliphatic rings. The maximum atomic E-state index is 10.2. The van der Waals surface area contributed by atoms with Gasteiger partial charge >= 0.3 is 0 Å². The normalized spacial score (nSPS) is 25.8. The van der Waals surface area contributed by atoms with E-state index in [1.165, 1.54) is 17.2 Å². The van der Waals surface area contributed by atoms with Gasteiger partial charge in [-0.3, -0.25) is 4.57 Å². The molecule has 0 spiro atoms. The number of anilines is 1. The molecule has 0 aliphatic carbocycles. The number of fused-ring (bicyclic) bond motifs is 1. The molecule has 0 bridgehead atoms. The Hall–Kier alpha value is -1.85. The summed E-state index contributed by atoms with van der Waals surface area (Å²) < 4.78 is 7.07. The zero-order chi connectivity index (χ0) is 18.5. The van der Waals surface area contributed by atoms with E-state index in [9.17, 15) is 15.3 Å². The predicted molar refractivity (Wildman–Crippen MR) is 92.4 cm³/mol. The Kier molecular flexibility index (Phi) is 6.33. The number of nitrogens with zero attached hydrogens (tertiary/aromatic N) is 4. The lowest BCUT2D eigenvalue weighted by molar-refractivity contribution is -0.0511. The number of ether oxygens (including phenoxy) is 1. The van der Waals surface area contributed by atoms with Gasteiger partial charge in [0, 0.05) is 13.2 Å². The van der Waals surface area contributed by atoms with Crippen LogP contribution in [-0.2, 0) is 4.74 Å². The fraction of sp³-hybridized carbons (Fsp3) is 0.688. The molecular formula is C16H25N5O5. The molecule has 1 saturated heterocycles. The number of aromatic nitrogens is 4. The van der Waals surface area contributed by atoms with Crippen LogP contribution >= 0.6 is 0 Å². The summed E-state index contributed by atoms with van der Waals surface area (Å²) in [7, 11) is 0. The third kappa shape index (κ3) is 3.79. The lowest BCUT2D eigenvalue weighted by Crippen LogP contribution is -2.33. The van der Waals surface area contributed by atoms with Gasteiger partial charge in [0.1, 0.15) is 24.6 Å². The van der Waals surface area contributed by atoms with Crippen LogP contribution in [0.4, 0.5) is 5.82 Å². The van der Waals surface area contributed by atoms with E-state index in [0.717, 1.165) is 32.2 Å². The van der Waals surface area contributed by atoms with Crippen molar-refractivity contribution in [2.75, 3.05) is 25.1 Å². The molecule has 0 aromatic carbocycles. The van der Waals surface area contributed by atoms with Crippen LogP contribution in [0.2, 0.25) is 0 Å². The Morgan fingerprint density at radius 3 is 2.58 bits per heavy atom. The summed E-state index contributed by atoms with van der Waals surface area (Å²) >= 11 is 0. The van der Waals surface area contributed by atoms with E-state index >= 15 is 0 Å². The summed E-state index contributed by atoms with van der Waals surface area (Å²) in [4.78, 5) is 12.7. The van der Waals surface area contributed by atoms with E-state index in [0.29, 0.717) is 17.0 Å². The van der Waals surface area contributed by atoms with Crippen LogP contribution in [0.5, 0.6) is 0 Å². The summed E-state index contributed by atoms with van der Waals surface area (Å²) in [6, 6.07) is 0. The van der Waals surface area contributed by atoms with Crippen molar-refractivity contribution in [1.82, 2.24) is 19.5 Å². The van der Waals surface area contributed by atoms with Gasteiger partial charge in [0.05, 0.1) is 12.9 Å². The molecular weight excluding hydrogens is 342 g/mol. The van der Waals surface area contributed by atoms with Crippen LogP contribution in [0.15, 0.2) is 12.7 Å². The summed E-state index contributed by atoms with van der Waals surface area (Å²) in [6.07, 6.45) is 2.52. The Morgan fingerprint density at radius 1 is 1.04 bits per heavy atom. The second-order valence-electron chi connectivity index (χ2n) is 6.34. The van der Waals surface area contributed by atoms with Gasteiger partial charge in [0.15, 0.2) is 23.2 Å². The largest absolute Gasteiger partial charge is 0.396 e. The standard InChI is InChI=1S/C16H25N5O5/c22-6-4-2-1-3-5-17-14-11-15(19-8-18-14)21(9-20-11)16-13(25)12(24)10(7-23)26-16/h8-10,12-13,16,22-25H,1-7H2,(H,17,18,19)/t10-,12+,13+,16+/m1/s1. The lowest BCUT2D eigenvalue weighted by atomic mass is 10.1. The number of aliphatic hydroxyl groups excluding tert-OH is 4. The molecule has 3 heterocycles. The highest BCUT2D eigenvalue weighted by molar-refractivity contribution is 5.82.